The van der Waals surface area contributed by atoms with E-state index in [4.69, 9.17) is 0 Å². The molecule has 72 valence electrons. The van der Waals surface area contributed by atoms with Crippen LogP contribution in [0, 0.1) is 11.8 Å². The molecule has 0 saturated carbocycles. The Morgan fingerprint density at radius 1 is 1.50 bits per heavy atom. The highest BCUT2D eigenvalue weighted by atomic mass is 16.3. The molecular weight excluding hydrogens is 180 g/mol. The Morgan fingerprint density at radius 3 is 3.07 bits per heavy atom. The molecule has 0 spiro atoms. The van der Waals surface area contributed by atoms with E-state index in [-0.39, 0.29) is 6.67 Å². The third kappa shape index (κ3) is 1.32. The van der Waals surface area contributed by atoms with Crippen molar-refractivity contribution in [1.82, 2.24) is 9.66 Å². The molecule has 5 nitrogen and oxygen atoms in total. The van der Waals surface area contributed by atoms with E-state index in [1.54, 1.807) is 4.68 Å². The number of fused-ring (bicyclic) bond motifs is 1. The van der Waals surface area contributed by atoms with Gasteiger partial charge in [-0.25, -0.2) is 9.66 Å². The number of aryl methyl sites for hydroxylation is 1. The zero-order chi connectivity index (χ0) is 9.97. The molecule has 1 heterocycles. The fraction of sp³-hybridized carbons (Fsp3) is 0.222. The Hall–Kier alpha value is -1.91. The number of hydrogen-bond acceptors (Lipinski definition) is 4. The summed E-state index contributed by atoms with van der Waals surface area (Å²) >= 11 is 0. The van der Waals surface area contributed by atoms with Crippen LogP contribution in [-0.2, 0) is 0 Å². The van der Waals surface area contributed by atoms with Crippen LogP contribution in [0.1, 0.15) is 5.82 Å². The van der Waals surface area contributed by atoms with Crippen LogP contribution in [0.25, 0.3) is 11.0 Å². The number of hydrogen-bond donors (Lipinski definition) is 1. The summed E-state index contributed by atoms with van der Waals surface area (Å²) in [5.74, 6) is 0.815. The van der Waals surface area contributed by atoms with Crippen LogP contribution < -0.4 is 5.43 Å². The van der Waals surface area contributed by atoms with Gasteiger partial charge in [0.25, 0.3) is 0 Å². The number of nitrogens with zero attached hydrogens (tertiary/aromatic N) is 3. The maximum atomic E-state index is 10.0. The molecule has 0 aliphatic carbocycles. The van der Waals surface area contributed by atoms with E-state index in [0.717, 1.165) is 16.9 Å². The molecule has 0 unspecified atom stereocenters. The molecule has 0 bridgehead atoms. The van der Waals surface area contributed by atoms with Gasteiger partial charge >= 0.3 is 0 Å². The van der Waals surface area contributed by atoms with E-state index in [1.807, 2.05) is 31.2 Å². The lowest BCUT2D eigenvalue weighted by molar-refractivity contribution is 0.830. The van der Waals surface area contributed by atoms with Crippen LogP contribution in [-0.4, -0.2) is 16.3 Å². The smallest absolute Gasteiger partial charge is 0.163 e. The van der Waals surface area contributed by atoms with Crippen molar-refractivity contribution in [3.05, 3.63) is 35.0 Å². The highest BCUT2D eigenvalue weighted by Crippen LogP contribution is 2.13. The monoisotopic (exact) mass is 190 g/mol. The summed E-state index contributed by atoms with van der Waals surface area (Å²) in [5, 5.41) is 2.75. The van der Waals surface area contributed by atoms with Crippen LogP contribution in [0.2, 0.25) is 0 Å². The lowest BCUT2D eigenvalue weighted by atomic mass is 10.3. The molecule has 2 rings (SSSR count). The number of aromatic nitrogens is 2. The average molecular weight is 190 g/mol. The van der Waals surface area contributed by atoms with Gasteiger partial charge in [-0.3, -0.25) is 5.43 Å². The van der Waals surface area contributed by atoms with E-state index < -0.39 is 0 Å². The summed E-state index contributed by atoms with van der Waals surface area (Å²) < 4.78 is 1.76. The van der Waals surface area contributed by atoms with Crippen molar-refractivity contribution in [2.45, 2.75) is 6.92 Å². The van der Waals surface area contributed by atoms with Crippen molar-refractivity contribution >= 4 is 11.0 Å². The Balaban J connectivity index is 2.50. The van der Waals surface area contributed by atoms with Gasteiger partial charge in [0.2, 0.25) is 0 Å². The van der Waals surface area contributed by atoms with Gasteiger partial charge in [-0.2, -0.15) is 0 Å². The predicted molar refractivity (Wildman–Crippen MR) is 54.5 cm³/mol. The largest absolute Gasteiger partial charge is 0.299 e. The SMILES string of the molecule is Cc1nc2ccccc2n1NCN=O. The van der Waals surface area contributed by atoms with E-state index >= 15 is 0 Å². The number of imidazole rings is 1. The van der Waals surface area contributed by atoms with Crippen molar-refractivity contribution < 1.29 is 0 Å². The number of para-hydroxylation sites is 2. The third-order valence-corrected chi connectivity index (χ3v) is 2.02. The minimum absolute atomic E-state index is 0.0429. The summed E-state index contributed by atoms with van der Waals surface area (Å²) in [6.07, 6.45) is 0. The van der Waals surface area contributed by atoms with Gasteiger partial charge in [-0.15, -0.1) is 4.91 Å². The molecule has 0 aliphatic rings. The first kappa shape index (κ1) is 8.68. The second-order valence-corrected chi connectivity index (χ2v) is 2.93. The molecule has 5 heteroatoms. The van der Waals surface area contributed by atoms with Crippen LogP contribution in [0.5, 0.6) is 0 Å². The van der Waals surface area contributed by atoms with Crippen molar-refractivity contribution in [2.24, 2.45) is 5.18 Å². The van der Waals surface area contributed by atoms with E-state index in [9.17, 15) is 4.91 Å². The van der Waals surface area contributed by atoms with Crippen molar-refractivity contribution in [3.8, 4) is 0 Å². The van der Waals surface area contributed by atoms with Crippen molar-refractivity contribution in [3.63, 3.8) is 0 Å². The van der Waals surface area contributed by atoms with Gasteiger partial charge in [-0.1, -0.05) is 12.1 Å². The molecule has 1 aromatic heterocycles. The molecular formula is C9H10N4O. The Kier molecular flexibility index (Phi) is 2.14. The molecule has 14 heavy (non-hydrogen) atoms. The first-order valence-electron chi connectivity index (χ1n) is 4.30. The minimum atomic E-state index is 0.0429. The topological polar surface area (TPSA) is 59.3 Å². The quantitative estimate of drug-likeness (QED) is 0.748. The predicted octanol–water partition coefficient (Wildman–Crippen LogP) is 1.61. The van der Waals surface area contributed by atoms with Gasteiger partial charge in [0, 0.05) is 0 Å². The maximum absolute atomic E-state index is 10.0. The van der Waals surface area contributed by atoms with Gasteiger partial charge in [0.1, 0.15) is 5.82 Å². The lowest BCUT2D eigenvalue weighted by Crippen LogP contribution is -2.15. The fourth-order valence-electron chi connectivity index (χ4n) is 1.45. The molecule has 0 fully saturated rings. The molecule has 0 saturated heterocycles. The molecule has 1 N–H and O–H groups in total. The van der Waals surface area contributed by atoms with Crippen molar-refractivity contribution in [2.75, 3.05) is 12.1 Å². The number of nitrogens with one attached hydrogen (secondary N) is 1. The van der Waals surface area contributed by atoms with Crippen LogP contribution in [0.3, 0.4) is 0 Å². The second kappa shape index (κ2) is 3.45. The van der Waals surface area contributed by atoms with Gasteiger partial charge < -0.3 is 0 Å². The molecule has 1 aromatic carbocycles. The Morgan fingerprint density at radius 2 is 2.29 bits per heavy atom. The van der Waals surface area contributed by atoms with Gasteiger partial charge in [0.05, 0.1) is 11.0 Å². The summed E-state index contributed by atoms with van der Waals surface area (Å²) in [6.45, 7) is 1.92. The van der Waals surface area contributed by atoms with E-state index in [0.29, 0.717) is 0 Å². The second-order valence-electron chi connectivity index (χ2n) is 2.93. The Labute approximate surface area is 80.7 Å². The number of rotatable bonds is 3. The first-order chi connectivity index (χ1) is 6.83. The number of nitroso groups, excluding NO2 is 1. The fourth-order valence-corrected chi connectivity index (χ4v) is 1.45. The van der Waals surface area contributed by atoms with Gasteiger partial charge in [-0.05, 0) is 24.2 Å². The average Bonchev–Trinajstić information content (AvgIpc) is 2.51. The van der Waals surface area contributed by atoms with Crippen LogP contribution >= 0.6 is 0 Å². The summed E-state index contributed by atoms with van der Waals surface area (Å²) in [7, 11) is 0. The molecule has 0 amide bonds. The molecule has 2 aromatic rings. The van der Waals surface area contributed by atoms with Gasteiger partial charge in [0.15, 0.2) is 6.67 Å². The molecule has 0 radical (unpaired) electrons. The zero-order valence-corrected chi connectivity index (χ0v) is 7.77. The highest BCUT2D eigenvalue weighted by Gasteiger charge is 2.04. The van der Waals surface area contributed by atoms with E-state index in [1.165, 1.54) is 0 Å². The number of benzene rings is 1. The van der Waals surface area contributed by atoms with Crippen LogP contribution in [0.15, 0.2) is 29.4 Å². The van der Waals surface area contributed by atoms with E-state index in [2.05, 4.69) is 15.6 Å². The lowest BCUT2D eigenvalue weighted by Gasteiger charge is -2.05. The Bertz CT molecular complexity index is 463. The zero-order valence-electron chi connectivity index (χ0n) is 7.77. The summed E-state index contributed by atoms with van der Waals surface area (Å²) in [4.78, 5) is 14.3. The molecule has 0 atom stereocenters. The standard InChI is InChI=1S/C9H10N4O/c1-7-12-8-4-2-3-5-9(8)13(7)10-6-11-14/h2-5,10H,6H2,1H3. The third-order valence-electron chi connectivity index (χ3n) is 2.02. The van der Waals surface area contributed by atoms with Crippen molar-refractivity contribution in [1.29, 1.82) is 0 Å². The normalized spacial score (nSPS) is 10.4. The minimum Gasteiger partial charge on any atom is -0.299 e. The van der Waals surface area contributed by atoms with Crippen LogP contribution in [0.4, 0.5) is 0 Å². The summed E-state index contributed by atoms with van der Waals surface area (Å²) in [5.41, 5.74) is 4.72. The molecule has 0 aliphatic heterocycles. The first-order valence-corrected chi connectivity index (χ1v) is 4.30. The highest BCUT2D eigenvalue weighted by molar-refractivity contribution is 5.76. The summed E-state index contributed by atoms with van der Waals surface area (Å²) in [6, 6.07) is 7.72. The maximum Gasteiger partial charge on any atom is 0.163 e.